The minimum atomic E-state index is -0.415. The third-order valence-electron chi connectivity index (χ3n) is 4.55. The van der Waals surface area contributed by atoms with Crippen molar-refractivity contribution in [2.75, 3.05) is 5.32 Å². The van der Waals surface area contributed by atoms with Gasteiger partial charge < -0.3 is 10.6 Å². The number of para-hydroxylation sites is 1. The normalized spacial score (nSPS) is 13.8. The predicted molar refractivity (Wildman–Crippen MR) is 98.2 cm³/mol. The number of carbonyl (C=O) groups is 2. The van der Waals surface area contributed by atoms with E-state index in [2.05, 4.69) is 15.7 Å². The van der Waals surface area contributed by atoms with Crippen LogP contribution in [0, 0.1) is 5.82 Å². The van der Waals surface area contributed by atoms with Crippen LogP contribution in [-0.4, -0.2) is 21.6 Å². The summed E-state index contributed by atoms with van der Waals surface area (Å²) in [5, 5.41) is 9.76. The molecule has 0 saturated carbocycles. The van der Waals surface area contributed by atoms with Crippen LogP contribution in [0.1, 0.15) is 34.5 Å². The monoisotopic (exact) mass is 364 g/mol. The van der Waals surface area contributed by atoms with E-state index in [1.807, 2.05) is 25.1 Å². The van der Waals surface area contributed by atoms with Gasteiger partial charge >= 0.3 is 0 Å². The molecule has 2 N–H and O–H groups in total. The van der Waals surface area contributed by atoms with Crippen LogP contribution in [0.3, 0.4) is 0 Å². The van der Waals surface area contributed by atoms with E-state index in [0.29, 0.717) is 12.0 Å². The molecule has 1 atom stereocenters. The van der Waals surface area contributed by atoms with Crippen molar-refractivity contribution in [2.45, 2.75) is 19.4 Å². The van der Waals surface area contributed by atoms with E-state index in [1.54, 1.807) is 18.2 Å². The summed E-state index contributed by atoms with van der Waals surface area (Å²) in [5.74, 6) is -0.749. The van der Waals surface area contributed by atoms with E-state index < -0.39 is 5.82 Å². The predicted octanol–water partition coefficient (Wildman–Crippen LogP) is 3.00. The molecule has 0 radical (unpaired) electrons. The van der Waals surface area contributed by atoms with Crippen molar-refractivity contribution in [1.29, 1.82) is 0 Å². The van der Waals surface area contributed by atoms with Gasteiger partial charge in [0.1, 0.15) is 11.5 Å². The molecule has 0 saturated heterocycles. The molecule has 7 heteroatoms. The number of amides is 2. The molecule has 1 aliphatic heterocycles. The van der Waals surface area contributed by atoms with Crippen molar-refractivity contribution < 1.29 is 14.0 Å². The molecule has 4 rings (SSSR count). The molecule has 1 aliphatic rings. The highest BCUT2D eigenvalue weighted by molar-refractivity contribution is 5.99. The van der Waals surface area contributed by atoms with Crippen molar-refractivity contribution in [2.24, 2.45) is 0 Å². The van der Waals surface area contributed by atoms with Gasteiger partial charge in [-0.05, 0) is 36.2 Å². The van der Waals surface area contributed by atoms with Gasteiger partial charge in [-0.2, -0.15) is 5.10 Å². The summed E-state index contributed by atoms with van der Waals surface area (Å²) in [6, 6.07) is 11.6. The Balaban J connectivity index is 1.49. The highest BCUT2D eigenvalue weighted by atomic mass is 19.1. The van der Waals surface area contributed by atoms with Crippen molar-refractivity contribution in [3.8, 4) is 5.69 Å². The molecule has 2 heterocycles. The first-order chi connectivity index (χ1) is 13.0. The smallest absolute Gasteiger partial charge is 0.254 e. The number of fused-ring (bicyclic) bond motifs is 1. The van der Waals surface area contributed by atoms with Gasteiger partial charge in [-0.3, -0.25) is 9.59 Å². The Morgan fingerprint density at radius 2 is 2.11 bits per heavy atom. The van der Waals surface area contributed by atoms with Crippen LogP contribution in [0.4, 0.5) is 10.1 Å². The van der Waals surface area contributed by atoms with E-state index in [-0.39, 0.29) is 23.5 Å². The standard InChI is InChI=1S/C20H17FN4O2/c1-12(13-6-7-17-14(8-13)9-19(26)24-17)23-20(27)15-10-22-25(11-15)18-5-3-2-4-16(18)21/h2-8,10-12H,9H2,1H3,(H,23,27)(H,24,26)/t12-/m0/s1. The van der Waals surface area contributed by atoms with Gasteiger partial charge in [0.25, 0.3) is 5.91 Å². The zero-order valence-corrected chi connectivity index (χ0v) is 14.6. The molecule has 0 spiro atoms. The fraction of sp³-hybridized carbons (Fsp3) is 0.150. The molecular weight excluding hydrogens is 347 g/mol. The Labute approximate surface area is 155 Å². The molecule has 3 aromatic rings. The van der Waals surface area contributed by atoms with Gasteiger partial charge in [-0.25, -0.2) is 9.07 Å². The van der Waals surface area contributed by atoms with Crippen LogP contribution in [0.2, 0.25) is 0 Å². The fourth-order valence-corrected chi connectivity index (χ4v) is 3.09. The lowest BCUT2D eigenvalue weighted by molar-refractivity contribution is -0.115. The zero-order chi connectivity index (χ0) is 19.0. The number of rotatable bonds is 4. The lowest BCUT2D eigenvalue weighted by Gasteiger charge is -2.14. The third kappa shape index (κ3) is 3.31. The second-order valence-electron chi connectivity index (χ2n) is 6.46. The number of aromatic nitrogens is 2. The van der Waals surface area contributed by atoms with Crippen LogP contribution in [0.15, 0.2) is 54.9 Å². The summed E-state index contributed by atoms with van der Waals surface area (Å²) in [7, 11) is 0. The van der Waals surface area contributed by atoms with Crippen LogP contribution in [0.5, 0.6) is 0 Å². The molecule has 136 valence electrons. The van der Waals surface area contributed by atoms with Crippen molar-refractivity contribution in [3.63, 3.8) is 0 Å². The van der Waals surface area contributed by atoms with Crippen molar-refractivity contribution in [1.82, 2.24) is 15.1 Å². The SMILES string of the molecule is C[C@H](NC(=O)c1cnn(-c2ccccc2F)c1)c1ccc2c(c1)CC(=O)N2. The molecule has 0 aliphatic carbocycles. The van der Waals surface area contributed by atoms with Gasteiger partial charge in [0.2, 0.25) is 5.91 Å². The van der Waals surface area contributed by atoms with Crippen LogP contribution in [0.25, 0.3) is 5.69 Å². The van der Waals surface area contributed by atoms with E-state index in [9.17, 15) is 14.0 Å². The first kappa shape index (κ1) is 17.0. The number of nitrogens with zero attached hydrogens (tertiary/aromatic N) is 2. The van der Waals surface area contributed by atoms with E-state index in [4.69, 9.17) is 0 Å². The van der Waals surface area contributed by atoms with E-state index >= 15 is 0 Å². The Morgan fingerprint density at radius 1 is 1.30 bits per heavy atom. The summed E-state index contributed by atoms with van der Waals surface area (Å²) in [6.07, 6.45) is 3.24. The third-order valence-corrected chi connectivity index (χ3v) is 4.55. The number of benzene rings is 2. The second-order valence-corrected chi connectivity index (χ2v) is 6.46. The number of hydrogen-bond donors (Lipinski definition) is 2. The maximum Gasteiger partial charge on any atom is 0.254 e. The van der Waals surface area contributed by atoms with Gasteiger partial charge in [0.15, 0.2) is 0 Å². The minimum Gasteiger partial charge on any atom is -0.345 e. The first-order valence-electron chi connectivity index (χ1n) is 8.54. The molecule has 6 nitrogen and oxygen atoms in total. The van der Waals surface area contributed by atoms with Gasteiger partial charge in [0, 0.05) is 11.9 Å². The lowest BCUT2D eigenvalue weighted by atomic mass is 10.0. The molecule has 2 aromatic carbocycles. The molecule has 0 fully saturated rings. The van der Waals surface area contributed by atoms with Crippen LogP contribution < -0.4 is 10.6 Å². The maximum atomic E-state index is 13.9. The molecule has 27 heavy (non-hydrogen) atoms. The molecule has 0 bridgehead atoms. The number of nitrogens with one attached hydrogen (secondary N) is 2. The molecule has 1 aromatic heterocycles. The van der Waals surface area contributed by atoms with Crippen LogP contribution >= 0.6 is 0 Å². The van der Waals surface area contributed by atoms with Crippen LogP contribution in [-0.2, 0) is 11.2 Å². The molecule has 2 amide bonds. The average Bonchev–Trinajstić information content (AvgIpc) is 3.27. The van der Waals surface area contributed by atoms with Crippen molar-refractivity contribution >= 4 is 17.5 Å². The summed E-state index contributed by atoms with van der Waals surface area (Å²) >= 11 is 0. The Morgan fingerprint density at radius 3 is 2.93 bits per heavy atom. The highest BCUT2D eigenvalue weighted by Gasteiger charge is 2.20. The van der Waals surface area contributed by atoms with Gasteiger partial charge in [-0.15, -0.1) is 0 Å². The fourth-order valence-electron chi connectivity index (χ4n) is 3.09. The zero-order valence-electron chi connectivity index (χ0n) is 14.6. The van der Waals surface area contributed by atoms with Crippen molar-refractivity contribution in [3.05, 3.63) is 77.4 Å². The molecular formula is C20H17FN4O2. The Bertz CT molecular complexity index is 1040. The van der Waals surface area contributed by atoms with Gasteiger partial charge in [0.05, 0.1) is 24.2 Å². The first-order valence-corrected chi connectivity index (χ1v) is 8.54. The van der Waals surface area contributed by atoms with E-state index in [1.165, 1.54) is 23.1 Å². The van der Waals surface area contributed by atoms with E-state index in [0.717, 1.165) is 16.8 Å². The van der Waals surface area contributed by atoms with Gasteiger partial charge in [-0.1, -0.05) is 24.3 Å². The summed E-state index contributed by atoms with van der Waals surface area (Å²) in [5.41, 5.74) is 3.25. The minimum absolute atomic E-state index is 0.0283. The number of anilines is 1. The Hall–Kier alpha value is -3.48. The maximum absolute atomic E-state index is 13.9. The summed E-state index contributed by atoms with van der Waals surface area (Å²) < 4.78 is 15.2. The quantitative estimate of drug-likeness (QED) is 0.747. The number of hydrogen-bond acceptors (Lipinski definition) is 3. The average molecular weight is 364 g/mol. The highest BCUT2D eigenvalue weighted by Crippen LogP contribution is 2.26. The second kappa shape index (κ2) is 6.68. The number of carbonyl (C=O) groups excluding carboxylic acids is 2. The largest absolute Gasteiger partial charge is 0.345 e. The number of halogens is 1. The summed E-state index contributed by atoms with van der Waals surface area (Å²) in [6.45, 7) is 1.87. The summed E-state index contributed by atoms with van der Waals surface area (Å²) in [4.78, 5) is 24.0. The molecule has 0 unspecified atom stereocenters. The lowest BCUT2D eigenvalue weighted by Crippen LogP contribution is -2.26. The topological polar surface area (TPSA) is 76.0 Å². The Kier molecular flexibility index (Phi) is 4.19.